The highest BCUT2D eigenvalue weighted by atomic mass is 32.1. The molecule has 0 aliphatic carbocycles. The second kappa shape index (κ2) is 7.18. The van der Waals surface area contributed by atoms with Crippen molar-refractivity contribution in [2.24, 2.45) is 0 Å². The number of aromatic amines is 1. The Morgan fingerprint density at radius 2 is 1.84 bits per heavy atom. The van der Waals surface area contributed by atoms with E-state index >= 15 is 0 Å². The first-order chi connectivity index (χ1) is 12.1. The van der Waals surface area contributed by atoms with Crippen LogP contribution in [0.3, 0.4) is 0 Å². The summed E-state index contributed by atoms with van der Waals surface area (Å²) in [5.41, 5.74) is 6.50. The third-order valence-electron chi connectivity index (χ3n) is 3.56. The standard InChI is InChI=1S/C17H15N3O4S/c1-24-17(23)14-7-6-13(25-14)16(22)20-19-15(21)8-10-9-18-12-5-3-2-4-11(10)12/h2-7,9,18H,8H2,1H3,(H,19,21)(H,20,22). The van der Waals surface area contributed by atoms with Gasteiger partial charge in [0.05, 0.1) is 18.4 Å². The Labute approximate surface area is 147 Å². The van der Waals surface area contributed by atoms with Gasteiger partial charge in [0, 0.05) is 17.1 Å². The Hall–Kier alpha value is -3.13. The van der Waals surface area contributed by atoms with Gasteiger partial charge in [-0.3, -0.25) is 20.4 Å². The van der Waals surface area contributed by atoms with Crippen LogP contribution in [0.5, 0.6) is 0 Å². The van der Waals surface area contributed by atoms with E-state index in [2.05, 4.69) is 20.6 Å². The van der Waals surface area contributed by atoms with Gasteiger partial charge in [0.2, 0.25) is 5.91 Å². The van der Waals surface area contributed by atoms with Crippen LogP contribution in [0.15, 0.2) is 42.6 Å². The summed E-state index contributed by atoms with van der Waals surface area (Å²) in [6.07, 6.45) is 1.90. The lowest BCUT2D eigenvalue weighted by atomic mass is 10.1. The average molecular weight is 357 g/mol. The van der Waals surface area contributed by atoms with Crippen molar-refractivity contribution in [3.63, 3.8) is 0 Å². The highest BCUT2D eigenvalue weighted by Gasteiger charge is 2.15. The van der Waals surface area contributed by atoms with E-state index < -0.39 is 11.9 Å². The zero-order chi connectivity index (χ0) is 17.8. The van der Waals surface area contributed by atoms with Crippen molar-refractivity contribution in [1.29, 1.82) is 0 Å². The van der Waals surface area contributed by atoms with Crippen LogP contribution < -0.4 is 10.9 Å². The first-order valence-corrected chi connectivity index (χ1v) is 8.22. The summed E-state index contributed by atoms with van der Waals surface area (Å²) in [5.74, 6) is -1.34. The lowest BCUT2D eigenvalue weighted by Gasteiger charge is -2.05. The number of carbonyl (C=O) groups is 3. The minimum absolute atomic E-state index is 0.127. The molecule has 0 fully saturated rings. The largest absolute Gasteiger partial charge is 0.465 e. The predicted molar refractivity (Wildman–Crippen MR) is 93.3 cm³/mol. The number of hydrogen-bond donors (Lipinski definition) is 3. The maximum atomic E-state index is 12.0. The van der Waals surface area contributed by atoms with Gasteiger partial charge in [-0.25, -0.2) is 4.79 Å². The van der Waals surface area contributed by atoms with Crippen molar-refractivity contribution in [2.45, 2.75) is 6.42 Å². The van der Waals surface area contributed by atoms with E-state index in [0.717, 1.165) is 27.8 Å². The van der Waals surface area contributed by atoms with Gasteiger partial charge in [-0.2, -0.15) is 0 Å². The number of ether oxygens (including phenoxy) is 1. The molecule has 0 aliphatic rings. The molecule has 0 unspecified atom stereocenters. The Bertz CT molecular complexity index is 944. The third kappa shape index (κ3) is 3.69. The van der Waals surface area contributed by atoms with Crippen LogP contribution >= 0.6 is 11.3 Å². The normalized spacial score (nSPS) is 10.4. The molecular formula is C17H15N3O4S. The summed E-state index contributed by atoms with van der Waals surface area (Å²) in [6, 6.07) is 10.7. The molecule has 2 aromatic heterocycles. The molecule has 25 heavy (non-hydrogen) atoms. The van der Waals surface area contributed by atoms with E-state index in [4.69, 9.17) is 0 Å². The fourth-order valence-electron chi connectivity index (χ4n) is 2.35. The molecule has 0 atom stereocenters. The molecule has 0 radical (unpaired) electrons. The molecule has 2 heterocycles. The van der Waals surface area contributed by atoms with E-state index in [9.17, 15) is 14.4 Å². The third-order valence-corrected chi connectivity index (χ3v) is 4.62. The lowest BCUT2D eigenvalue weighted by molar-refractivity contribution is -0.121. The van der Waals surface area contributed by atoms with Gasteiger partial charge in [0.15, 0.2) is 0 Å². The highest BCUT2D eigenvalue weighted by molar-refractivity contribution is 7.15. The first kappa shape index (κ1) is 16.7. The molecule has 3 N–H and O–H groups in total. The van der Waals surface area contributed by atoms with Gasteiger partial charge < -0.3 is 9.72 Å². The predicted octanol–water partition coefficient (Wildman–Crippen LogP) is 2.02. The van der Waals surface area contributed by atoms with Crippen molar-refractivity contribution >= 4 is 40.0 Å². The van der Waals surface area contributed by atoms with Crippen LogP contribution in [0.1, 0.15) is 24.9 Å². The summed E-state index contributed by atoms with van der Waals surface area (Å²) in [6.45, 7) is 0. The number of para-hydroxylation sites is 1. The zero-order valence-corrected chi connectivity index (χ0v) is 14.1. The maximum absolute atomic E-state index is 12.0. The molecule has 3 aromatic rings. The Morgan fingerprint density at radius 1 is 1.08 bits per heavy atom. The minimum Gasteiger partial charge on any atom is -0.465 e. The number of hydrogen-bond acceptors (Lipinski definition) is 5. The van der Waals surface area contributed by atoms with Crippen molar-refractivity contribution in [3.8, 4) is 0 Å². The van der Waals surface area contributed by atoms with Gasteiger partial charge in [-0.05, 0) is 23.8 Å². The van der Waals surface area contributed by atoms with Gasteiger partial charge in [0.25, 0.3) is 5.91 Å². The minimum atomic E-state index is -0.507. The van der Waals surface area contributed by atoms with Crippen molar-refractivity contribution < 1.29 is 19.1 Å². The number of carbonyl (C=O) groups excluding carboxylic acids is 3. The van der Waals surface area contributed by atoms with Crippen LogP contribution in [0.25, 0.3) is 10.9 Å². The number of amides is 2. The first-order valence-electron chi connectivity index (χ1n) is 7.41. The molecule has 0 spiro atoms. The van der Waals surface area contributed by atoms with E-state index in [0.29, 0.717) is 9.75 Å². The lowest BCUT2D eigenvalue weighted by Crippen LogP contribution is -2.42. The maximum Gasteiger partial charge on any atom is 0.348 e. The number of rotatable bonds is 4. The molecule has 0 bridgehead atoms. The number of methoxy groups -OCH3 is 1. The van der Waals surface area contributed by atoms with E-state index in [1.807, 2.05) is 24.3 Å². The molecule has 2 amide bonds. The van der Waals surface area contributed by atoms with Gasteiger partial charge in [0.1, 0.15) is 4.88 Å². The molecule has 128 valence electrons. The van der Waals surface area contributed by atoms with Crippen LogP contribution in [-0.4, -0.2) is 29.9 Å². The summed E-state index contributed by atoms with van der Waals surface area (Å²) < 4.78 is 4.59. The molecule has 3 rings (SSSR count). The van der Waals surface area contributed by atoms with Crippen molar-refractivity contribution in [3.05, 3.63) is 57.9 Å². The number of esters is 1. The fourth-order valence-corrected chi connectivity index (χ4v) is 3.17. The number of H-pyrrole nitrogens is 1. The van der Waals surface area contributed by atoms with Crippen molar-refractivity contribution in [1.82, 2.24) is 15.8 Å². The quantitative estimate of drug-likeness (QED) is 0.491. The smallest absolute Gasteiger partial charge is 0.348 e. The second-order valence-electron chi connectivity index (χ2n) is 5.19. The Kier molecular flexibility index (Phi) is 4.80. The van der Waals surface area contributed by atoms with Crippen LogP contribution in [0.4, 0.5) is 0 Å². The summed E-state index contributed by atoms with van der Waals surface area (Å²) in [5, 5.41) is 0.963. The second-order valence-corrected chi connectivity index (χ2v) is 6.28. The molecule has 0 saturated heterocycles. The van der Waals surface area contributed by atoms with Crippen LogP contribution in [0, 0.1) is 0 Å². The van der Waals surface area contributed by atoms with E-state index in [1.54, 1.807) is 6.20 Å². The fraction of sp³-hybridized carbons (Fsp3) is 0.118. The summed E-state index contributed by atoms with van der Waals surface area (Å²) in [7, 11) is 1.27. The molecule has 0 saturated carbocycles. The number of aromatic nitrogens is 1. The molecule has 7 nitrogen and oxygen atoms in total. The average Bonchev–Trinajstić information content (AvgIpc) is 3.27. The highest BCUT2D eigenvalue weighted by Crippen LogP contribution is 2.18. The van der Waals surface area contributed by atoms with Crippen molar-refractivity contribution in [2.75, 3.05) is 7.11 Å². The van der Waals surface area contributed by atoms with Crippen LogP contribution in [-0.2, 0) is 16.0 Å². The SMILES string of the molecule is COC(=O)c1ccc(C(=O)NNC(=O)Cc2c[nH]c3ccccc23)s1. The number of benzene rings is 1. The van der Waals surface area contributed by atoms with Gasteiger partial charge >= 0.3 is 5.97 Å². The summed E-state index contributed by atoms with van der Waals surface area (Å²) in [4.78, 5) is 39.1. The number of nitrogens with one attached hydrogen (secondary N) is 3. The Balaban J connectivity index is 1.57. The van der Waals surface area contributed by atoms with Gasteiger partial charge in [-0.15, -0.1) is 11.3 Å². The number of thiophene rings is 1. The number of fused-ring (bicyclic) bond motifs is 1. The Morgan fingerprint density at radius 3 is 2.64 bits per heavy atom. The summed E-state index contributed by atoms with van der Waals surface area (Å²) >= 11 is 0.990. The number of hydrazine groups is 1. The topological polar surface area (TPSA) is 100 Å². The molecule has 8 heteroatoms. The zero-order valence-electron chi connectivity index (χ0n) is 13.3. The molecule has 1 aromatic carbocycles. The molecular weight excluding hydrogens is 342 g/mol. The monoisotopic (exact) mass is 357 g/mol. The van der Waals surface area contributed by atoms with E-state index in [-0.39, 0.29) is 12.3 Å². The van der Waals surface area contributed by atoms with E-state index in [1.165, 1.54) is 19.2 Å². The molecule has 0 aliphatic heterocycles. The van der Waals surface area contributed by atoms with Crippen LogP contribution in [0.2, 0.25) is 0 Å². The van der Waals surface area contributed by atoms with Gasteiger partial charge in [-0.1, -0.05) is 18.2 Å².